The lowest BCUT2D eigenvalue weighted by atomic mass is 9.73. The molecule has 294 valence electrons. The fraction of sp³-hybridized carbons (Fsp3) is 0.605. The summed E-state index contributed by atoms with van der Waals surface area (Å²) in [5, 5.41) is 3.65. The van der Waals surface area contributed by atoms with Crippen molar-refractivity contribution in [1.29, 1.82) is 0 Å². The zero-order valence-corrected chi connectivity index (χ0v) is 34.1. The van der Waals surface area contributed by atoms with Gasteiger partial charge in [0.25, 0.3) is 0 Å². The highest BCUT2D eigenvalue weighted by molar-refractivity contribution is 7.91. The van der Waals surface area contributed by atoms with Crippen LogP contribution in [-0.4, -0.2) is 106 Å². The lowest BCUT2D eigenvalue weighted by Gasteiger charge is -2.45. The normalized spacial score (nSPS) is 21.2. The van der Waals surface area contributed by atoms with Crippen molar-refractivity contribution < 1.29 is 40.7 Å². The second-order valence-corrected chi connectivity index (χ2v) is 20.9. The largest absolute Gasteiger partial charge is 0.444 e. The van der Waals surface area contributed by atoms with Crippen LogP contribution in [0.2, 0.25) is 0 Å². The maximum atomic E-state index is 13.2. The summed E-state index contributed by atoms with van der Waals surface area (Å²) >= 11 is 0. The number of nitrogens with zero attached hydrogens (tertiary/aromatic N) is 2. The van der Waals surface area contributed by atoms with Gasteiger partial charge in [-0.1, -0.05) is 12.1 Å². The molecule has 53 heavy (non-hydrogen) atoms. The minimum Gasteiger partial charge on any atom is -0.444 e. The summed E-state index contributed by atoms with van der Waals surface area (Å²) in [6, 6.07) is 9.60. The van der Waals surface area contributed by atoms with E-state index >= 15 is 0 Å². The number of carbonyl (C=O) groups is 3. The van der Waals surface area contributed by atoms with Crippen molar-refractivity contribution in [3.8, 4) is 0 Å². The second-order valence-electron chi connectivity index (χ2n) is 16.9. The number of amides is 2. The molecule has 15 heteroatoms. The first-order chi connectivity index (χ1) is 24.2. The number of nitrogens with two attached hydrogens (primary N) is 1. The number of hydrogen-bond acceptors (Lipinski definition) is 11. The van der Waals surface area contributed by atoms with Crippen LogP contribution in [0.15, 0.2) is 46.2 Å². The first-order valence-corrected chi connectivity index (χ1v) is 21.6. The first kappa shape index (κ1) is 42.2. The van der Waals surface area contributed by atoms with Gasteiger partial charge in [-0.05, 0) is 115 Å². The molecule has 2 aromatic carbocycles. The molecule has 4 rings (SSSR count). The summed E-state index contributed by atoms with van der Waals surface area (Å²) in [6.45, 7) is 14.0. The number of likely N-dealkylation sites (tertiary alicyclic amines) is 2. The van der Waals surface area contributed by atoms with Crippen molar-refractivity contribution >= 4 is 38.1 Å². The molecule has 2 aromatic rings. The predicted octanol–water partition coefficient (Wildman–Crippen LogP) is 4.85. The van der Waals surface area contributed by atoms with Gasteiger partial charge in [0.05, 0.1) is 9.79 Å². The van der Waals surface area contributed by atoms with Gasteiger partial charge in [-0.3, -0.25) is 4.79 Å². The Hall–Kier alpha value is -3.53. The average molecular weight is 777 g/mol. The summed E-state index contributed by atoms with van der Waals surface area (Å²) in [4.78, 5) is 42.8. The van der Waals surface area contributed by atoms with E-state index in [1.54, 1.807) is 75.6 Å². The van der Waals surface area contributed by atoms with Gasteiger partial charge in [-0.2, -0.15) is 0 Å². The molecule has 2 unspecified atom stereocenters. The van der Waals surface area contributed by atoms with Crippen LogP contribution < -0.4 is 11.1 Å². The molecule has 0 bridgehead atoms. The van der Waals surface area contributed by atoms with E-state index in [1.165, 1.54) is 12.1 Å². The maximum Gasteiger partial charge on any atom is 0.410 e. The van der Waals surface area contributed by atoms with Crippen molar-refractivity contribution in [2.24, 2.45) is 5.73 Å². The van der Waals surface area contributed by atoms with Crippen molar-refractivity contribution in [3.63, 3.8) is 0 Å². The quantitative estimate of drug-likeness (QED) is 0.332. The van der Waals surface area contributed by atoms with E-state index in [2.05, 4.69) is 5.32 Å². The van der Waals surface area contributed by atoms with Crippen LogP contribution in [0.3, 0.4) is 0 Å². The van der Waals surface area contributed by atoms with E-state index in [4.69, 9.17) is 15.2 Å². The fourth-order valence-corrected chi connectivity index (χ4v) is 8.21. The van der Waals surface area contributed by atoms with Gasteiger partial charge in [-0.15, -0.1) is 0 Å². The molecule has 0 aliphatic carbocycles. The van der Waals surface area contributed by atoms with Gasteiger partial charge in [-0.25, -0.2) is 26.4 Å². The van der Waals surface area contributed by atoms with Gasteiger partial charge in [0, 0.05) is 67.8 Å². The van der Waals surface area contributed by atoms with E-state index in [9.17, 15) is 31.2 Å². The Kier molecular flexibility index (Phi) is 12.2. The number of ether oxygens (including phenoxy) is 2. The number of hydrogen-bond donors (Lipinski definition) is 2. The zero-order valence-electron chi connectivity index (χ0n) is 32.4. The van der Waals surface area contributed by atoms with E-state index in [0.29, 0.717) is 62.1 Å². The molecule has 2 amide bonds. The summed E-state index contributed by atoms with van der Waals surface area (Å²) < 4.78 is 61.8. The molecule has 3 N–H and O–H groups in total. The van der Waals surface area contributed by atoms with Crippen LogP contribution in [0, 0.1) is 0 Å². The predicted molar refractivity (Wildman–Crippen MR) is 203 cm³/mol. The monoisotopic (exact) mass is 776 g/mol. The standard InChI is InChI=1S/C38H56N4O9S2/c1-35(2,3)50-33(44)41-18-15-38(16-19-41,40-23-26-10-12-28(13-11-26)52(8,46)47)22-27-20-29(53(9,48)49)21-30(31(27)25-43)32-24-42(17-14-37(32,7)39)34(45)51-36(4,5)6/h10-13,20-21,25,32,40H,14-19,22-24,39H2,1-9H3. The third-order valence-corrected chi connectivity index (χ3v) is 12.1. The summed E-state index contributed by atoms with van der Waals surface area (Å²) in [6.07, 6.45) is 3.52. The number of aldehydes is 1. The molecule has 0 radical (unpaired) electrons. The molecule has 2 heterocycles. The van der Waals surface area contributed by atoms with Crippen molar-refractivity contribution in [2.75, 3.05) is 38.7 Å². The summed E-state index contributed by atoms with van der Waals surface area (Å²) in [5.41, 5.74) is 5.90. The Balaban J connectivity index is 1.77. The SMILES string of the molecule is CC(C)(C)OC(=O)N1CCC(Cc2cc(S(C)(=O)=O)cc(C3CN(C(=O)OC(C)(C)C)CCC3(C)N)c2C=O)(NCc2ccc(S(C)(=O)=O)cc2)CC1. The third kappa shape index (κ3) is 11.0. The number of sulfone groups is 2. The average Bonchev–Trinajstić information content (AvgIpc) is 3.01. The van der Waals surface area contributed by atoms with Gasteiger partial charge >= 0.3 is 12.2 Å². The van der Waals surface area contributed by atoms with Crippen LogP contribution in [0.5, 0.6) is 0 Å². The number of carbonyl (C=O) groups excluding carboxylic acids is 3. The van der Waals surface area contributed by atoms with Crippen molar-refractivity contribution in [1.82, 2.24) is 15.1 Å². The van der Waals surface area contributed by atoms with Crippen LogP contribution >= 0.6 is 0 Å². The van der Waals surface area contributed by atoms with E-state index in [0.717, 1.165) is 24.4 Å². The summed E-state index contributed by atoms with van der Waals surface area (Å²) in [5.74, 6) is -0.601. The third-order valence-electron chi connectivity index (χ3n) is 9.88. The minimum atomic E-state index is -3.77. The molecule has 2 fully saturated rings. The van der Waals surface area contributed by atoms with Crippen LogP contribution in [-0.2, 0) is 42.1 Å². The number of benzene rings is 2. The fourth-order valence-electron chi connectivity index (χ4n) is 6.88. The molecule has 0 aromatic heterocycles. The number of piperidine rings is 2. The number of rotatable bonds is 9. The van der Waals surface area contributed by atoms with Crippen LogP contribution in [0.4, 0.5) is 9.59 Å². The lowest BCUT2D eigenvalue weighted by Crippen LogP contribution is -2.56. The molecule has 2 aliphatic rings. The second kappa shape index (κ2) is 15.3. The minimum absolute atomic E-state index is 0.0241. The Morgan fingerprint density at radius 2 is 1.36 bits per heavy atom. The molecule has 0 spiro atoms. The van der Waals surface area contributed by atoms with E-state index < -0.39 is 60.1 Å². The molecule has 13 nitrogen and oxygen atoms in total. The molecule has 2 aliphatic heterocycles. The van der Waals surface area contributed by atoms with Gasteiger partial charge in [0.15, 0.2) is 26.0 Å². The van der Waals surface area contributed by atoms with Crippen LogP contribution in [0.25, 0.3) is 0 Å². The summed E-state index contributed by atoms with van der Waals surface area (Å²) in [7, 11) is -7.16. The topological polar surface area (TPSA) is 182 Å². The zero-order chi connectivity index (χ0) is 39.8. The molecule has 2 atom stereocenters. The highest BCUT2D eigenvalue weighted by Gasteiger charge is 2.43. The smallest absolute Gasteiger partial charge is 0.410 e. The van der Waals surface area contributed by atoms with E-state index in [-0.39, 0.29) is 22.8 Å². The van der Waals surface area contributed by atoms with Crippen molar-refractivity contribution in [3.05, 3.63) is 58.7 Å². The first-order valence-electron chi connectivity index (χ1n) is 17.8. The molecule has 2 saturated heterocycles. The van der Waals surface area contributed by atoms with Gasteiger partial charge < -0.3 is 30.3 Å². The highest BCUT2D eigenvalue weighted by atomic mass is 32.2. The molecular weight excluding hydrogens is 721 g/mol. The molecular formula is C38H56N4O9S2. The van der Waals surface area contributed by atoms with Gasteiger partial charge in [0.2, 0.25) is 0 Å². The Labute approximate surface area is 314 Å². The highest BCUT2D eigenvalue weighted by Crippen LogP contribution is 2.40. The Bertz CT molecular complexity index is 1910. The lowest BCUT2D eigenvalue weighted by molar-refractivity contribution is 0.0136. The Morgan fingerprint density at radius 3 is 1.85 bits per heavy atom. The Morgan fingerprint density at radius 1 is 0.849 bits per heavy atom. The maximum absolute atomic E-state index is 13.2. The van der Waals surface area contributed by atoms with Crippen molar-refractivity contribution in [2.45, 2.75) is 119 Å². The van der Waals surface area contributed by atoms with E-state index in [1.807, 2.05) is 6.92 Å². The van der Waals surface area contributed by atoms with Crippen LogP contribution in [0.1, 0.15) is 101 Å². The van der Waals surface area contributed by atoms with Gasteiger partial charge in [0.1, 0.15) is 11.2 Å². The molecule has 0 saturated carbocycles. The number of nitrogens with one attached hydrogen (secondary N) is 1.